The zero-order chi connectivity index (χ0) is 16.3. The van der Waals surface area contributed by atoms with Crippen LogP contribution in [-0.4, -0.2) is 23.4 Å². The van der Waals surface area contributed by atoms with Gasteiger partial charge in [-0.2, -0.15) is 15.0 Å². The van der Waals surface area contributed by atoms with Crippen molar-refractivity contribution in [2.75, 3.05) is 18.5 Å². The second-order valence-electron chi connectivity index (χ2n) is 4.49. The van der Waals surface area contributed by atoms with Gasteiger partial charge >= 0.3 is 0 Å². The van der Waals surface area contributed by atoms with E-state index < -0.39 is 17.2 Å². The first-order chi connectivity index (χ1) is 10.5. The molecule has 0 aliphatic carbocycles. The van der Waals surface area contributed by atoms with Gasteiger partial charge in [-0.25, -0.2) is 8.78 Å². The summed E-state index contributed by atoms with van der Waals surface area (Å²) in [6.07, 6.45) is 1.55. The number of nitriles is 1. The molecule has 0 bridgehead atoms. The van der Waals surface area contributed by atoms with Gasteiger partial charge in [-0.1, -0.05) is 11.6 Å². The Morgan fingerprint density at radius 1 is 1.45 bits per heavy atom. The van der Waals surface area contributed by atoms with Crippen molar-refractivity contribution in [3.63, 3.8) is 0 Å². The summed E-state index contributed by atoms with van der Waals surface area (Å²) >= 11 is 6.01. The van der Waals surface area contributed by atoms with Crippen molar-refractivity contribution in [3.8, 4) is 11.8 Å². The predicted molar refractivity (Wildman–Crippen MR) is 78.3 cm³/mol. The van der Waals surface area contributed by atoms with Crippen molar-refractivity contribution in [1.82, 2.24) is 9.78 Å². The van der Waals surface area contributed by atoms with Gasteiger partial charge in [0.25, 0.3) is 5.56 Å². The van der Waals surface area contributed by atoms with E-state index in [-0.39, 0.29) is 17.1 Å². The van der Waals surface area contributed by atoms with E-state index >= 15 is 0 Å². The number of hydrogen-bond donors (Lipinski definition) is 0. The molecule has 0 radical (unpaired) electrons. The molecule has 114 valence electrons. The van der Waals surface area contributed by atoms with E-state index in [0.717, 1.165) is 16.8 Å². The van der Waals surface area contributed by atoms with E-state index in [1.165, 1.54) is 6.20 Å². The highest BCUT2D eigenvalue weighted by molar-refractivity contribution is 6.33. The van der Waals surface area contributed by atoms with Crippen LogP contribution < -0.4 is 10.5 Å². The van der Waals surface area contributed by atoms with Crippen LogP contribution in [0, 0.1) is 23.0 Å². The molecule has 2 rings (SSSR count). The number of aromatic nitrogens is 2. The van der Waals surface area contributed by atoms with Crippen molar-refractivity contribution in [1.29, 1.82) is 5.26 Å². The lowest BCUT2D eigenvalue weighted by Gasteiger charge is -2.19. The third-order valence-electron chi connectivity index (χ3n) is 3.01. The lowest BCUT2D eigenvalue weighted by molar-refractivity contribution is 0.570. The lowest BCUT2D eigenvalue weighted by atomic mass is 10.3. The second kappa shape index (κ2) is 6.54. The SMILES string of the molecule is CN(CCC#N)c1cnn(-c2ccc(F)cc2F)c(=O)c1Cl. The number of benzene rings is 1. The zero-order valence-electron chi connectivity index (χ0n) is 11.6. The largest absolute Gasteiger partial charge is 0.371 e. The summed E-state index contributed by atoms with van der Waals surface area (Å²) in [5.74, 6) is -1.68. The van der Waals surface area contributed by atoms with Crippen molar-refractivity contribution < 1.29 is 8.78 Å². The molecule has 0 amide bonds. The first-order valence-corrected chi connectivity index (χ1v) is 6.65. The van der Waals surface area contributed by atoms with Crippen LogP contribution in [0.2, 0.25) is 5.02 Å². The lowest BCUT2D eigenvalue weighted by Crippen LogP contribution is -2.27. The minimum atomic E-state index is -0.920. The van der Waals surface area contributed by atoms with E-state index in [9.17, 15) is 13.6 Å². The molecule has 8 heteroatoms. The molecule has 0 aliphatic rings. The summed E-state index contributed by atoms with van der Waals surface area (Å²) in [5, 5.41) is 12.3. The summed E-state index contributed by atoms with van der Waals surface area (Å²) < 4.78 is 27.4. The van der Waals surface area contributed by atoms with Gasteiger partial charge < -0.3 is 4.90 Å². The van der Waals surface area contributed by atoms with Gasteiger partial charge in [-0.05, 0) is 12.1 Å². The first kappa shape index (κ1) is 15.9. The highest BCUT2D eigenvalue weighted by Crippen LogP contribution is 2.21. The average molecular weight is 325 g/mol. The highest BCUT2D eigenvalue weighted by Gasteiger charge is 2.16. The number of nitrogens with zero attached hydrogens (tertiary/aromatic N) is 4. The Labute approximate surface area is 130 Å². The van der Waals surface area contributed by atoms with Crippen LogP contribution in [0.25, 0.3) is 5.69 Å². The molecule has 0 spiro atoms. The maximum absolute atomic E-state index is 13.7. The topological polar surface area (TPSA) is 61.9 Å². The maximum Gasteiger partial charge on any atom is 0.292 e. The fourth-order valence-corrected chi connectivity index (χ4v) is 2.13. The summed E-state index contributed by atoms with van der Waals surface area (Å²) in [6.45, 7) is 0.367. The molecule has 1 heterocycles. The molecule has 0 unspecified atom stereocenters. The quantitative estimate of drug-likeness (QED) is 0.867. The van der Waals surface area contributed by atoms with Gasteiger partial charge in [0.2, 0.25) is 0 Å². The summed E-state index contributed by atoms with van der Waals surface area (Å²) in [4.78, 5) is 13.8. The highest BCUT2D eigenvalue weighted by atomic mass is 35.5. The van der Waals surface area contributed by atoms with Gasteiger partial charge in [-0.15, -0.1) is 0 Å². The zero-order valence-corrected chi connectivity index (χ0v) is 12.3. The van der Waals surface area contributed by atoms with Gasteiger partial charge in [0, 0.05) is 19.7 Å². The smallest absolute Gasteiger partial charge is 0.292 e. The van der Waals surface area contributed by atoms with E-state index in [4.69, 9.17) is 16.9 Å². The summed E-state index contributed by atoms with van der Waals surface area (Å²) in [7, 11) is 1.66. The molecule has 22 heavy (non-hydrogen) atoms. The van der Waals surface area contributed by atoms with E-state index in [1.54, 1.807) is 11.9 Å². The third-order valence-corrected chi connectivity index (χ3v) is 3.36. The first-order valence-electron chi connectivity index (χ1n) is 6.27. The molecule has 1 aromatic heterocycles. The Bertz CT molecular complexity index is 800. The number of rotatable bonds is 4. The standard InChI is InChI=1S/C14H11ClF2N4O/c1-20(6-2-5-18)12-8-19-21(14(22)13(12)15)11-4-3-9(16)7-10(11)17/h3-4,7-8H,2,6H2,1H3. The van der Waals surface area contributed by atoms with E-state index in [0.29, 0.717) is 18.3 Å². The van der Waals surface area contributed by atoms with Crippen molar-refractivity contribution in [2.45, 2.75) is 6.42 Å². The van der Waals surface area contributed by atoms with Crippen LogP contribution >= 0.6 is 11.6 Å². The molecule has 0 saturated carbocycles. The van der Waals surface area contributed by atoms with Crippen LogP contribution in [0.15, 0.2) is 29.2 Å². The van der Waals surface area contributed by atoms with Crippen molar-refractivity contribution in [2.24, 2.45) is 0 Å². The monoisotopic (exact) mass is 324 g/mol. The van der Waals surface area contributed by atoms with Crippen LogP contribution in [0.1, 0.15) is 6.42 Å². The molecule has 0 saturated heterocycles. The van der Waals surface area contributed by atoms with Crippen LogP contribution in [0.5, 0.6) is 0 Å². The Balaban J connectivity index is 2.47. The molecule has 0 N–H and O–H groups in total. The molecule has 0 aliphatic heterocycles. The molecule has 0 fully saturated rings. The molecule has 5 nitrogen and oxygen atoms in total. The minimum absolute atomic E-state index is 0.154. The molecular formula is C14H11ClF2N4O. The normalized spacial score (nSPS) is 10.3. The summed E-state index contributed by atoms with van der Waals surface area (Å²) in [5.41, 5.74) is -0.589. The summed E-state index contributed by atoms with van der Waals surface area (Å²) in [6, 6.07) is 4.76. The van der Waals surface area contributed by atoms with Crippen molar-refractivity contribution in [3.05, 3.63) is 51.4 Å². The fourth-order valence-electron chi connectivity index (χ4n) is 1.85. The van der Waals surface area contributed by atoms with E-state index in [2.05, 4.69) is 5.10 Å². The Morgan fingerprint density at radius 2 is 2.18 bits per heavy atom. The average Bonchev–Trinajstić information content (AvgIpc) is 2.48. The van der Waals surface area contributed by atoms with Crippen LogP contribution in [0.3, 0.4) is 0 Å². The number of halogens is 3. The molecule has 0 atom stereocenters. The van der Waals surface area contributed by atoms with Crippen LogP contribution in [0.4, 0.5) is 14.5 Å². The van der Waals surface area contributed by atoms with Crippen LogP contribution in [-0.2, 0) is 0 Å². The van der Waals surface area contributed by atoms with Gasteiger partial charge in [-0.3, -0.25) is 4.79 Å². The molecule has 1 aromatic carbocycles. The number of hydrogen-bond acceptors (Lipinski definition) is 4. The van der Waals surface area contributed by atoms with Crippen molar-refractivity contribution >= 4 is 17.3 Å². The fraction of sp³-hybridized carbons (Fsp3) is 0.214. The minimum Gasteiger partial charge on any atom is -0.371 e. The molecule has 2 aromatic rings. The van der Waals surface area contributed by atoms with E-state index in [1.807, 2.05) is 6.07 Å². The Hall–Kier alpha value is -2.46. The maximum atomic E-state index is 13.7. The predicted octanol–water partition coefficient (Wildman–Crippen LogP) is 2.51. The Kier molecular flexibility index (Phi) is 4.73. The van der Waals surface area contributed by atoms with Gasteiger partial charge in [0.15, 0.2) is 5.82 Å². The molecular weight excluding hydrogens is 314 g/mol. The van der Waals surface area contributed by atoms with Gasteiger partial charge in [0.1, 0.15) is 16.5 Å². The number of anilines is 1. The second-order valence-corrected chi connectivity index (χ2v) is 4.86. The van der Waals surface area contributed by atoms with Gasteiger partial charge in [0.05, 0.1) is 24.4 Å². The Morgan fingerprint density at radius 3 is 2.82 bits per heavy atom. The third kappa shape index (κ3) is 3.07.